The van der Waals surface area contributed by atoms with Gasteiger partial charge in [0, 0.05) is 26.2 Å². The van der Waals surface area contributed by atoms with Crippen LogP contribution in [0.5, 0.6) is 0 Å². The first-order chi connectivity index (χ1) is 10.5. The molecule has 22 heavy (non-hydrogen) atoms. The minimum absolute atomic E-state index is 0.102. The number of imide groups is 1. The Morgan fingerprint density at radius 3 is 2.50 bits per heavy atom. The standard InChI is InChI=1S/C14H22N2O6/c1-3-20-11(2)15-21-10-6-4-5-7-14(19)22-16-12(17)8-9-13(16)18/h3-10H2,1-2H3/b15-11+. The molecule has 0 radical (unpaired) electrons. The number of hydrogen-bond acceptors (Lipinski definition) is 7. The number of amides is 2. The Labute approximate surface area is 129 Å². The third kappa shape index (κ3) is 6.55. The Kier molecular flexibility index (Phi) is 7.95. The van der Waals surface area contributed by atoms with Gasteiger partial charge < -0.3 is 14.4 Å². The average molecular weight is 314 g/mol. The van der Waals surface area contributed by atoms with Gasteiger partial charge in [0.2, 0.25) is 5.90 Å². The van der Waals surface area contributed by atoms with E-state index in [0.717, 1.165) is 12.8 Å². The molecule has 1 saturated heterocycles. The molecular weight excluding hydrogens is 292 g/mol. The molecule has 1 rings (SSSR count). The van der Waals surface area contributed by atoms with Crippen LogP contribution in [0.4, 0.5) is 0 Å². The zero-order valence-corrected chi connectivity index (χ0v) is 13.0. The van der Waals surface area contributed by atoms with Crippen LogP contribution in [-0.2, 0) is 28.8 Å². The van der Waals surface area contributed by atoms with Crippen LogP contribution in [0, 0.1) is 0 Å². The molecule has 124 valence electrons. The lowest BCUT2D eigenvalue weighted by atomic mass is 10.2. The van der Waals surface area contributed by atoms with Crippen molar-refractivity contribution in [3.8, 4) is 0 Å². The molecule has 0 saturated carbocycles. The Hall–Kier alpha value is -2.12. The fourth-order valence-electron chi connectivity index (χ4n) is 1.79. The molecule has 8 nitrogen and oxygen atoms in total. The van der Waals surface area contributed by atoms with E-state index in [4.69, 9.17) is 14.4 Å². The molecule has 0 atom stereocenters. The van der Waals surface area contributed by atoms with E-state index < -0.39 is 17.8 Å². The van der Waals surface area contributed by atoms with Gasteiger partial charge in [0.1, 0.15) is 6.61 Å². The maximum Gasteiger partial charge on any atom is 0.333 e. The highest BCUT2D eigenvalue weighted by atomic mass is 16.7. The number of hydrogen-bond donors (Lipinski definition) is 0. The minimum Gasteiger partial charge on any atom is -0.479 e. The number of carbonyl (C=O) groups is 3. The molecule has 0 aliphatic carbocycles. The van der Waals surface area contributed by atoms with Crippen LogP contribution < -0.4 is 0 Å². The lowest BCUT2D eigenvalue weighted by Crippen LogP contribution is -2.31. The summed E-state index contributed by atoms with van der Waals surface area (Å²) in [6, 6.07) is 0. The minimum atomic E-state index is -0.574. The summed E-state index contributed by atoms with van der Waals surface area (Å²) in [6.07, 6.45) is 2.43. The zero-order chi connectivity index (χ0) is 16.4. The lowest BCUT2D eigenvalue weighted by molar-refractivity contribution is -0.197. The Morgan fingerprint density at radius 2 is 1.86 bits per heavy atom. The van der Waals surface area contributed by atoms with Crippen molar-refractivity contribution in [2.45, 2.75) is 52.4 Å². The highest BCUT2D eigenvalue weighted by Gasteiger charge is 2.32. The summed E-state index contributed by atoms with van der Waals surface area (Å²) in [5.74, 6) is -1.02. The molecule has 1 aliphatic rings. The molecule has 2 amide bonds. The molecule has 8 heteroatoms. The van der Waals surface area contributed by atoms with Gasteiger partial charge in [-0.2, -0.15) is 0 Å². The number of rotatable bonds is 9. The predicted molar refractivity (Wildman–Crippen MR) is 76.3 cm³/mol. The van der Waals surface area contributed by atoms with Crippen LogP contribution in [0.25, 0.3) is 0 Å². The summed E-state index contributed by atoms with van der Waals surface area (Å²) in [6.45, 7) is 4.55. The van der Waals surface area contributed by atoms with Gasteiger partial charge >= 0.3 is 5.97 Å². The molecule has 0 unspecified atom stereocenters. The second kappa shape index (κ2) is 9.75. The maximum atomic E-state index is 11.5. The van der Waals surface area contributed by atoms with Crippen LogP contribution >= 0.6 is 0 Å². The Morgan fingerprint density at radius 1 is 1.18 bits per heavy atom. The fourth-order valence-corrected chi connectivity index (χ4v) is 1.79. The zero-order valence-electron chi connectivity index (χ0n) is 13.0. The Balaban J connectivity index is 2.05. The SMILES string of the molecule is CCO/C(C)=N/OCCCCCC(=O)ON1C(=O)CCC1=O. The highest BCUT2D eigenvalue weighted by Crippen LogP contribution is 2.13. The molecule has 0 aromatic heterocycles. The number of oxime groups is 1. The van der Waals surface area contributed by atoms with E-state index in [1.165, 1.54) is 0 Å². The van der Waals surface area contributed by atoms with Crippen LogP contribution in [0.1, 0.15) is 52.4 Å². The third-order valence-electron chi connectivity index (χ3n) is 2.86. The van der Waals surface area contributed by atoms with Crippen molar-refractivity contribution in [2.75, 3.05) is 13.2 Å². The molecule has 0 bridgehead atoms. The normalized spacial score (nSPS) is 15.2. The van der Waals surface area contributed by atoms with Crippen molar-refractivity contribution in [3.05, 3.63) is 0 Å². The van der Waals surface area contributed by atoms with Crippen molar-refractivity contribution in [2.24, 2.45) is 5.16 Å². The Bertz CT molecular complexity index is 419. The fraction of sp³-hybridized carbons (Fsp3) is 0.714. The second-order valence-electron chi connectivity index (χ2n) is 4.73. The van der Waals surface area contributed by atoms with Gasteiger partial charge in [-0.25, -0.2) is 4.79 Å². The molecule has 0 aromatic carbocycles. The first-order valence-electron chi connectivity index (χ1n) is 7.40. The van der Waals surface area contributed by atoms with Gasteiger partial charge in [-0.1, -0.05) is 5.16 Å². The van der Waals surface area contributed by atoms with Crippen molar-refractivity contribution in [3.63, 3.8) is 0 Å². The van der Waals surface area contributed by atoms with Crippen molar-refractivity contribution in [1.29, 1.82) is 0 Å². The summed E-state index contributed by atoms with van der Waals surface area (Å²) in [7, 11) is 0. The molecule has 0 aromatic rings. The van der Waals surface area contributed by atoms with E-state index in [-0.39, 0.29) is 19.3 Å². The molecular formula is C14H22N2O6. The summed E-state index contributed by atoms with van der Waals surface area (Å²) in [5.41, 5.74) is 0. The quantitative estimate of drug-likeness (QED) is 0.211. The first-order valence-corrected chi connectivity index (χ1v) is 7.40. The number of unbranched alkanes of at least 4 members (excludes halogenated alkanes) is 2. The number of ether oxygens (including phenoxy) is 1. The van der Waals surface area contributed by atoms with E-state index in [9.17, 15) is 14.4 Å². The number of carbonyl (C=O) groups excluding carboxylic acids is 3. The van der Waals surface area contributed by atoms with Gasteiger partial charge in [-0.15, -0.1) is 5.06 Å². The number of nitrogens with zero attached hydrogens (tertiary/aromatic N) is 2. The van der Waals surface area contributed by atoms with Gasteiger partial charge in [0.05, 0.1) is 6.61 Å². The number of hydroxylamine groups is 2. The maximum absolute atomic E-state index is 11.5. The van der Waals surface area contributed by atoms with Crippen LogP contribution in [0.15, 0.2) is 5.16 Å². The molecule has 1 heterocycles. The van der Waals surface area contributed by atoms with Crippen molar-refractivity contribution in [1.82, 2.24) is 5.06 Å². The molecule has 0 spiro atoms. The second-order valence-corrected chi connectivity index (χ2v) is 4.73. The third-order valence-corrected chi connectivity index (χ3v) is 2.86. The van der Waals surface area contributed by atoms with E-state index in [0.29, 0.717) is 30.6 Å². The average Bonchev–Trinajstić information content (AvgIpc) is 2.78. The van der Waals surface area contributed by atoms with Gasteiger partial charge in [0.15, 0.2) is 0 Å². The van der Waals surface area contributed by atoms with Crippen molar-refractivity contribution < 1.29 is 28.8 Å². The summed E-state index contributed by atoms with van der Waals surface area (Å²) in [5, 5.41) is 4.32. The summed E-state index contributed by atoms with van der Waals surface area (Å²) < 4.78 is 5.09. The van der Waals surface area contributed by atoms with Crippen LogP contribution in [0.3, 0.4) is 0 Å². The van der Waals surface area contributed by atoms with Crippen molar-refractivity contribution >= 4 is 23.7 Å². The van der Waals surface area contributed by atoms with Crippen LogP contribution in [-0.4, -0.2) is 42.0 Å². The highest BCUT2D eigenvalue weighted by molar-refractivity contribution is 6.01. The van der Waals surface area contributed by atoms with E-state index >= 15 is 0 Å². The van der Waals surface area contributed by atoms with Gasteiger partial charge in [-0.3, -0.25) is 9.59 Å². The molecule has 1 fully saturated rings. The smallest absolute Gasteiger partial charge is 0.333 e. The monoisotopic (exact) mass is 314 g/mol. The summed E-state index contributed by atoms with van der Waals surface area (Å²) in [4.78, 5) is 43.8. The van der Waals surface area contributed by atoms with E-state index in [1.807, 2.05) is 6.92 Å². The van der Waals surface area contributed by atoms with E-state index in [2.05, 4.69) is 5.16 Å². The summed E-state index contributed by atoms with van der Waals surface area (Å²) >= 11 is 0. The molecule has 0 N–H and O–H groups in total. The molecule has 1 aliphatic heterocycles. The largest absolute Gasteiger partial charge is 0.479 e. The van der Waals surface area contributed by atoms with Gasteiger partial charge in [-0.05, 0) is 26.2 Å². The predicted octanol–water partition coefficient (Wildman–Crippen LogP) is 1.54. The van der Waals surface area contributed by atoms with E-state index in [1.54, 1.807) is 6.92 Å². The first kappa shape index (κ1) is 17.9. The van der Waals surface area contributed by atoms with Crippen LogP contribution in [0.2, 0.25) is 0 Å². The van der Waals surface area contributed by atoms with Gasteiger partial charge in [0.25, 0.3) is 11.8 Å². The lowest BCUT2D eigenvalue weighted by Gasteiger charge is -2.12. The topological polar surface area (TPSA) is 94.5 Å².